The maximum absolute atomic E-state index is 12.6. The summed E-state index contributed by atoms with van der Waals surface area (Å²) in [5, 5.41) is 7.21. The number of aliphatic imine (C=N–C) groups is 1. The van der Waals surface area contributed by atoms with Crippen molar-refractivity contribution in [2.24, 2.45) is 4.99 Å². The fourth-order valence-corrected chi connectivity index (χ4v) is 5.48. The Bertz CT molecular complexity index is 838. The van der Waals surface area contributed by atoms with Gasteiger partial charge in [0.25, 0.3) is 0 Å². The molecule has 0 amide bonds. The standard InChI is InChI=1S/C20H31ClN4O3S.HI/c1-15-12-25(13-16(2)28-15)29(26,27)10-9-23-19(22-3)24-14-20(7-8-20)17-5-4-6-18(21)11-17;/h4-6,11,15-16H,7-10,12-14H2,1-3H3,(H2,22,23,24);1H. The van der Waals surface area contributed by atoms with Gasteiger partial charge >= 0.3 is 0 Å². The first kappa shape index (κ1) is 25.6. The molecule has 0 bridgehead atoms. The number of sulfonamides is 1. The molecule has 1 aromatic carbocycles. The van der Waals surface area contributed by atoms with Crippen LogP contribution in [0.15, 0.2) is 29.3 Å². The summed E-state index contributed by atoms with van der Waals surface area (Å²) in [6.45, 7) is 5.64. The molecule has 10 heteroatoms. The van der Waals surface area contributed by atoms with Gasteiger partial charge in [-0.25, -0.2) is 8.42 Å². The minimum Gasteiger partial charge on any atom is -0.373 e. The summed E-state index contributed by atoms with van der Waals surface area (Å²) in [7, 11) is -1.65. The summed E-state index contributed by atoms with van der Waals surface area (Å²) < 4.78 is 32.5. The molecule has 2 unspecified atom stereocenters. The van der Waals surface area contributed by atoms with E-state index < -0.39 is 10.0 Å². The Labute approximate surface area is 202 Å². The van der Waals surface area contributed by atoms with E-state index in [1.807, 2.05) is 32.0 Å². The van der Waals surface area contributed by atoms with Crippen LogP contribution in [0.4, 0.5) is 0 Å². The molecule has 2 fully saturated rings. The molecule has 7 nitrogen and oxygen atoms in total. The fraction of sp³-hybridized carbons (Fsp3) is 0.650. The van der Waals surface area contributed by atoms with Gasteiger partial charge in [-0.2, -0.15) is 4.31 Å². The SMILES string of the molecule is CN=C(NCCS(=O)(=O)N1CC(C)OC(C)C1)NCC1(c2cccc(Cl)c2)CC1.I. The number of guanidine groups is 1. The smallest absolute Gasteiger partial charge is 0.216 e. The summed E-state index contributed by atoms with van der Waals surface area (Å²) in [6, 6.07) is 7.98. The van der Waals surface area contributed by atoms with Gasteiger partial charge in [0.2, 0.25) is 10.0 Å². The largest absolute Gasteiger partial charge is 0.373 e. The Morgan fingerprint density at radius 2 is 1.93 bits per heavy atom. The van der Waals surface area contributed by atoms with Crippen LogP contribution in [-0.2, 0) is 20.2 Å². The van der Waals surface area contributed by atoms with Crippen molar-refractivity contribution in [2.45, 2.75) is 44.3 Å². The van der Waals surface area contributed by atoms with Crippen molar-refractivity contribution in [1.82, 2.24) is 14.9 Å². The first-order chi connectivity index (χ1) is 13.7. The Morgan fingerprint density at radius 3 is 2.50 bits per heavy atom. The van der Waals surface area contributed by atoms with Crippen molar-refractivity contribution in [3.05, 3.63) is 34.9 Å². The second-order valence-electron chi connectivity index (χ2n) is 8.03. The molecule has 0 radical (unpaired) electrons. The number of hydrogen-bond acceptors (Lipinski definition) is 4. The summed E-state index contributed by atoms with van der Waals surface area (Å²) in [6.07, 6.45) is 2.02. The van der Waals surface area contributed by atoms with Crippen LogP contribution in [0.2, 0.25) is 5.02 Å². The minimum atomic E-state index is -3.34. The van der Waals surface area contributed by atoms with Crippen LogP contribution in [0.5, 0.6) is 0 Å². The molecule has 1 saturated heterocycles. The van der Waals surface area contributed by atoms with E-state index in [0.717, 1.165) is 24.4 Å². The van der Waals surface area contributed by atoms with E-state index in [0.29, 0.717) is 25.6 Å². The lowest BCUT2D eigenvalue weighted by molar-refractivity contribution is -0.0440. The van der Waals surface area contributed by atoms with E-state index >= 15 is 0 Å². The van der Waals surface area contributed by atoms with Gasteiger partial charge in [-0.05, 0) is 44.4 Å². The van der Waals surface area contributed by atoms with Crippen molar-refractivity contribution < 1.29 is 13.2 Å². The second kappa shape index (κ2) is 10.8. The molecule has 1 heterocycles. The summed E-state index contributed by atoms with van der Waals surface area (Å²) in [5.74, 6) is 0.629. The van der Waals surface area contributed by atoms with E-state index in [1.54, 1.807) is 7.05 Å². The monoisotopic (exact) mass is 570 g/mol. The lowest BCUT2D eigenvalue weighted by atomic mass is 9.96. The first-order valence-corrected chi connectivity index (χ1v) is 12.1. The van der Waals surface area contributed by atoms with Crippen LogP contribution in [0.25, 0.3) is 0 Å². The number of morpholine rings is 1. The molecule has 1 aliphatic heterocycles. The Balaban J connectivity index is 0.00000320. The summed E-state index contributed by atoms with van der Waals surface area (Å²) in [4.78, 5) is 4.23. The average molecular weight is 571 g/mol. The zero-order valence-electron chi connectivity index (χ0n) is 17.7. The van der Waals surface area contributed by atoms with Crippen molar-refractivity contribution in [3.63, 3.8) is 0 Å². The van der Waals surface area contributed by atoms with Crippen molar-refractivity contribution in [3.8, 4) is 0 Å². The molecule has 1 saturated carbocycles. The van der Waals surface area contributed by atoms with Crippen molar-refractivity contribution >= 4 is 51.6 Å². The Kier molecular flexibility index (Phi) is 9.23. The lowest BCUT2D eigenvalue weighted by Crippen LogP contribution is -2.50. The van der Waals surface area contributed by atoms with E-state index in [9.17, 15) is 8.42 Å². The number of hydrogen-bond donors (Lipinski definition) is 2. The molecular weight excluding hydrogens is 539 g/mol. The van der Waals surface area contributed by atoms with Gasteiger partial charge in [0, 0.05) is 43.7 Å². The zero-order valence-corrected chi connectivity index (χ0v) is 21.6. The van der Waals surface area contributed by atoms with Gasteiger partial charge in [0.1, 0.15) is 0 Å². The van der Waals surface area contributed by atoms with Crippen molar-refractivity contribution in [2.75, 3.05) is 39.0 Å². The number of rotatable bonds is 7. The molecule has 2 N–H and O–H groups in total. The maximum Gasteiger partial charge on any atom is 0.216 e. The predicted molar refractivity (Wildman–Crippen MR) is 133 cm³/mol. The first-order valence-electron chi connectivity index (χ1n) is 10.1. The van der Waals surface area contributed by atoms with E-state index in [1.165, 1.54) is 9.87 Å². The van der Waals surface area contributed by atoms with E-state index in [-0.39, 0.29) is 47.4 Å². The highest BCUT2D eigenvalue weighted by molar-refractivity contribution is 14.0. The van der Waals surface area contributed by atoms with Crippen LogP contribution >= 0.6 is 35.6 Å². The van der Waals surface area contributed by atoms with Gasteiger partial charge < -0.3 is 15.4 Å². The predicted octanol–water partition coefficient (Wildman–Crippen LogP) is 2.59. The van der Waals surface area contributed by atoms with Gasteiger partial charge in [0.05, 0.1) is 18.0 Å². The fourth-order valence-electron chi connectivity index (χ4n) is 3.80. The third-order valence-corrected chi connectivity index (χ3v) is 7.58. The van der Waals surface area contributed by atoms with Gasteiger partial charge in [0.15, 0.2) is 5.96 Å². The lowest BCUT2D eigenvalue weighted by Gasteiger charge is -2.34. The molecule has 30 heavy (non-hydrogen) atoms. The number of ether oxygens (including phenoxy) is 1. The number of nitrogens with zero attached hydrogens (tertiary/aromatic N) is 2. The highest BCUT2D eigenvalue weighted by Crippen LogP contribution is 2.48. The second-order valence-corrected chi connectivity index (χ2v) is 10.6. The summed E-state index contributed by atoms with van der Waals surface area (Å²) in [5.41, 5.74) is 1.31. The van der Waals surface area contributed by atoms with Crippen LogP contribution < -0.4 is 10.6 Å². The Hall–Kier alpha value is -0.620. The van der Waals surface area contributed by atoms with Crippen LogP contribution in [0.3, 0.4) is 0 Å². The Morgan fingerprint density at radius 1 is 1.27 bits per heavy atom. The molecule has 0 aromatic heterocycles. The number of nitrogens with one attached hydrogen (secondary N) is 2. The third kappa shape index (κ3) is 6.69. The van der Waals surface area contributed by atoms with E-state index in [2.05, 4.69) is 21.7 Å². The van der Waals surface area contributed by atoms with Gasteiger partial charge in [-0.1, -0.05) is 23.7 Å². The highest BCUT2D eigenvalue weighted by atomic mass is 127. The topological polar surface area (TPSA) is 83.0 Å². The van der Waals surface area contributed by atoms with Crippen LogP contribution in [-0.4, -0.2) is 69.9 Å². The molecule has 1 aromatic rings. The zero-order chi connectivity index (χ0) is 21.1. The minimum absolute atomic E-state index is 0. The average Bonchev–Trinajstić information content (AvgIpc) is 3.45. The molecule has 2 aliphatic rings. The number of benzene rings is 1. The van der Waals surface area contributed by atoms with Crippen LogP contribution in [0, 0.1) is 0 Å². The van der Waals surface area contributed by atoms with Crippen molar-refractivity contribution in [1.29, 1.82) is 0 Å². The molecule has 170 valence electrons. The third-order valence-electron chi connectivity index (χ3n) is 5.54. The normalized spacial score (nSPS) is 24.1. The van der Waals surface area contributed by atoms with Gasteiger partial charge in [-0.3, -0.25) is 4.99 Å². The van der Waals surface area contributed by atoms with Crippen LogP contribution in [0.1, 0.15) is 32.3 Å². The van der Waals surface area contributed by atoms with Gasteiger partial charge in [-0.15, -0.1) is 24.0 Å². The molecular formula is C20H32ClIN4O3S. The molecule has 1 aliphatic carbocycles. The summed E-state index contributed by atoms with van der Waals surface area (Å²) >= 11 is 6.14. The molecule has 2 atom stereocenters. The molecule has 3 rings (SSSR count). The molecule has 0 spiro atoms. The maximum atomic E-state index is 12.6. The quantitative estimate of drug-likeness (QED) is 0.299. The highest BCUT2D eigenvalue weighted by Gasteiger charge is 2.44. The van der Waals surface area contributed by atoms with E-state index in [4.69, 9.17) is 16.3 Å². The number of halogens is 2.